The first-order valence-electron chi connectivity index (χ1n) is 10.0. The lowest BCUT2D eigenvalue weighted by Gasteiger charge is -2.14. The summed E-state index contributed by atoms with van der Waals surface area (Å²) < 4.78 is 10.9. The summed E-state index contributed by atoms with van der Waals surface area (Å²) in [5.41, 5.74) is 0.585. The molecule has 0 aliphatic rings. The molecule has 30 heavy (non-hydrogen) atoms. The Morgan fingerprint density at radius 2 is 1.57 bits per heavy atom. The zero-order chi connectivity index (χ0) is 21.8. The molecule has 2 rings (SSSR count). The van der Waals surface area contributed by atoms with Gasteiger partial charge in [0, 0.05) is 25.6 Å². The van der Waals surface area contributed by atoms with Crippen molar-refractivity contribution in [3.8, 4) is 11.5 Å². The number of anilines is 1. The van der Waals surface area contributed by atoms with Crippen molar-refractivity contribution < 1.29 is 23.9 Å². The number of amides is 2. The fourth-order valence-electron chi connectivity index (χ4n) is 2.62. The molecule has 0 aliphatic carbocycles. The number of para-hydroxylation sites is 1. The van der Waals surface area contributed by atoms with Crippen molar-refractivity contribution in [2.24, 2.45) is 0 Å². The number of rotatable bonds is 11. The van der Waals surface area contributed by atoms with Crippen LogP contribution in [0.15, 0.2) is 54.6 Å². The summed E-state index contributed by atoms with van der Waals surface area (Å²) in [6, 6.07) is 16.3. The summed E-state index contributed by atoms with van der Waals surface area (Å²) in [4.78, 5) is 34.9. The molecule has 0 aromatic heterocycles. The molecule has 2 aromatic carbocycles. The average molecular weight is 412 g/mol. The van der Waals surface area contributed by atoms with E-state index in [1.807, 2.05) is 30.3 Å². The molecule has 0 bridgehead atoms. The highest BCUT2D eigenvalue weighted by atomic mass is 16.5. The van der Waals surface area contributed by atoms with Gasteiger partial charge in [0.25, 0.3) is 5.91 Å². The highest BCUT2D eigenvalue weighted by Gasteiger charge is 2.17. The molecule has 2 N–H and O–H groups in total. The van der Waals surface area contributed by atoms with Crippen molar-refractivity contribution >= 4 is 23.5 Å². The predicted octanol–water partition coefficient (Wildman–Crippen LogP) is 4.05. The Morgan fingerprint density at radius 1 is 0.900 bits per heavy atom. The predicted molar refractivity (Wildman–Crippen MR) is 114 cm³/mol. The Kier molecular flexibility index (Phi) is 9.37. The third-order valence-corrected chi connectivity index (χ3v) is 4.21. The van der Waals surface area contributed by atoms with E-state index < -0.39 is 18.0 Å². The van der Waals surface area contributed by atoms with Crippen LogP contribution in [0, 0.1) is 0 Å². The van der Waals surface area contributed by atoms with Crippen molar-refractivity contribution in [3.63, 3.8) is 0 Å². The van der Waals surface area contributed by atoms with Crippen LogP contribution in [0.4, 0.5) is 5.69 Å². The second-order valence-corrected chi connectivity index (χ2v) is 6.85. The first-order chi connectivity index (χ1) is 14.4. The number of carbonyl (C=O) groups is 3. The molecule has 2 amide bonds. The highest BCUT2D eigenvalue weighted by molar-refractivity contribution is 5.95. The Balaban J connectivity index is 1.69. The summed E-state index contributed by atoms with van der Waals surface area (Å²) >= 11 is 0. The minimum absolute atomic E-state index is 0.0624. The van der Waals surface area contributed by atoms with Gasteiger partial charge in [-0.3, -0.25) is 14.4 Å². The van der Waals surface area contributed by atoms with Crippen molar-refractivity contribution in [2.45, 2.75) is 45.6 Å². The lowest BCUT2D eigenvalue weighted by Crippen LogP contribution is -2.29. The number of benzene rings is 2. The third kappa shape index (κ3) is 8.77. The van der Waals surface area contributed by atoms with Gasteiger partial charge in [0.05, 0.1) is 0 Å². The van der Waals surface area contributed by atoms with Crippen LogP contribution in [0.25, 0.3) is 0 Å². The van der Waals surface area contributed by atoms with Crippen LogP contribution >= 0.6 is 0 Å². The number of carbonyl (C=O) groups excluding carboxylic acids is 3. The quantitative estimate of drug-likeness (QED) is 0.429. The van der Waals surface area contributed by atoms with Gasteiger partial charge < -0.3 is 20.1 Å². The van der Waals surface area contributed by atoms with Gasteiger partial charge in [0.2, 0.25) is 5.91 Å². The number of nitrogens with one attached hydrogen (secondary N) is 2. The Hall–Kier alpha value is -3.35. The lowest BCUT2D eigenvalue weighted by atomic mass is 10.2. The summed E-state index contributed by atoms with van der Waals surface area (Å²) in [6.45, 7) is 3.60. The molecule has 0 heterocycles. The maximum absolute atomic E-state index is 12.2. The number of hydrogen-bond acceptors (Lipinski definition) is 5. The molecular weight excluding hydrogens is 384 g/mol. The molecule has 2 aromatic rings. The molecule has 0 fully saturated rings. The van der Waals surface area contributed by atoms with Gasteiger partial charge in [-0.15, -0.1) is 0 Å². The largest absolute Gasteiger partial charge is 0.457 e. The van der Waals surface area contributed by atoms with Crippen molar-refractivity contribution in [1.29, 1.82) is 0 Å². The zero-order valence-corrected chi connectivity index (χ0v) is 17.4. The van der Waals surface area contributed by atoms with Gasteiger partial charge in [0.15, 0.2) is 6.10 Å². The van der Waals surface area contributed by atoms with Gasteiger partial charge in [0.1, 0.15) is 11.5 Å². The highest BCUT2D eigenvalue weighted by Crippen LogP contribution is 2.22. The molecule has 0 radical (unpaired) electrons. The molecule has 7 nitrogen and oxygen atoms in total. The monoisotopic (exact) mass is 412 g/mol. The molecule has 0 saturated carbocycles. The molecule has 160 valence electrons. The molecule has 1 atom stereocenters. The second kappa shape index (κ2) is 12.3. The van der Waals surface area contributed by atoms with Crippen molar-refractivity contribution in [1.82, 2.24) is 5.32 Å². The standard InChI is InChI=1S/C23H28N2O5/c1-17(29-22(27)11-7-4-8-16-24-18(2)26)23(28)25-19-12-14-21(15-13-19)30-20-9-5-3-6-10-20/h3,5-6,9-10,12-15,17H,4,7-8,11,16H2,1-2H3,(H,24,26)(H,25,28). The minimum Gasteiger partial charge on any atom is -0.457 e. The van der Waals surface area contributed by atoms with E-state index in [1.54, 1.807) is 24.3 Å². The van der Waals surface area contributed by atoms with Crippen LogP contribution in [0.5, 0.6) is 11.5 Å². The smallest absolute Gasteiger partial charge is 0.306 e. The molecular formula is C23H28N2O5. The Labute approximate surface area is 176 Å². The van der Waals surface area contributed by atoms with Crippen LogP contribution in [-0.4, -0.2) is 30.4 Å². The number of esters is 1. The average Bonchev–Trinajstić information content (AvgIpc) is 2.72. The topological polar surface area (TPSA) is 93.7 Å². The van der Waals surface area contributed by atoms with Crippen molar-refractivity contribution in [2.75, 3.05) is 11.9 Å². The van der Waals surface area contributed by atoms with E-state index in [0.29, 0.717) is 24.4 Å². The van der Waals surface area contributed by atoms with Gasteiger partial charge in [-0.2, -0.15) is 0 Å². The molecule has 0 spiro atoms. The van der Waals surface area contributed by atoms with E-state index in [0.717, 1.165) is 18.6 Å². The molecule has 7 heteroatoms. The maximum Gasteiger partial charge on any atom is 0.306 e. The zero-order valence-electron chi connectivity index (χ0n) is 17.4. The Bertz CT molecular complexity index is 821. The fourth-order valence-corrected chi connectivity index (χ4v) is 2.62. The lowest BCUT2D eigenvalue weighted by molar-refractivity contribution is -0.153. The van der Waals surface area contributed by atoms with Crippen LogP contribution in [0.2, 0.25) is 0 Å². The maximum atomic E-state index is 12.2. The van der Waals surface area contributed by atoms with E-state index in [2.05, 4.69) is 10.6 Å². The molecule has 0 saturated heterocycles. The van der Waals surface area contributed by atoms with Gasteiger partial charge >= 0.3 is 5.97 Å². The fraction of sp³-hybridized carbons (Fsp3) is 0.348. The minimum atomic E-state index is -0.892. The third-order valence-electron chi connectivity index (χ3n) is 4.21. The summed E-state index contributed by atoms with van der Waals surface area (Å²) in [5.74, 6) is 0.504. The van der Waals surface area contributed by atoms with E-state index in [-0.39, 0.29) is 12.3 Å². The molecule has 0 aliphatic heterocycles. The van der Waals surface area contributed by atoms with Gasteiger partial charge in [-0.1, -0.05) is 24.6 Å². The molecule has 1 unspecified atom stereocenters. The number of unbranched alkanes of at least 4 members (excludes halogenated alkanes) is 2. The van der Waals surface area contributed by atoms with Crippen LogP contribution in [-0.2, 0) is 19.1 Å². The summed E-state index contributed by atoms with van der Waals surface area (Å²) in [6.07, 6.45) is 1.59. The SMILES string of the molecule is CC(=O)NCCCCCC(=O)OC(C)C(=O)Nc1ccc(Oc2ccccc2)cc1. The first-order valence-corrected chi connectivity index (χ1v) is 10.0. The van der Waals surface area contributed by atoms with E-state index in [1.165, 1.54) is 13.8 Å². The number of hydrogen-bond donors (Lipinski definition) is 2. The summed E-state index contributed by atoms with van der Waals surface area (Å²) in [5, 5.41) is 5.42. The van der Waals surface area contributed by atoms with Crippen LogP contribution in [0.3, 0.4) is 0 Å². The second-order valence-electron chi connectivity index (χ2n) is 6.85. The van der Waals surface area contributed by atoms with Crippen molar-refractivity contribution in [3.05, 3.63) is 54.6 Å². The first kappa shape index (κ1) is 22.9. The number of ether oxygens (including phenoxy) is 2. The van der Waals surface area contributed by atoms with Gasteiger partial charge in [-0.05, 0) is 56.2 Å². The van der Waals surface area contributed by atoms with E-state index >= 15 is 0 Å². The van der Waals surface area contributed by atoms with Gasteiger partial charge in [-0.25, -0.2) is 0 Å². The van der Waals surface area contributed by atoms with Crippen LogP contribution < -0.4 is 15.4 Å². The summed E-state index contributed by atoms with van der Waals surface area (Å²) in [7, 11) is 0. The van der Waals surface area contributed by atoms with E-state index in [9.17, 15) is 14.4 Å². The normalized spacial score (nSPS) is 11.3. The Morgan fingerprint density at radius 3 is 2.23 bits per heavy atom. The van der Waals surface area contributed by atoms with E-state index in [4.69, 9.17) is 9.47 Å². The van der Waals surface area contributed by atoms with Crippen LogP contribution in [0.1, 0.15) is 39.5 Å².